The minimum atomic E-state index is -4.45. The summed E-state index contributed by atoms with van der Waals surface area (Å²) in [5.74, 6) is 0.0160. The third-order valence-electron chi connectivity index (χ3n) is 6.28. The Bertz CT molecular complexity index is 1270. The van der Waals surface area contributed by atoms with Crippen LogP contribution >= 0.6 is 11.6 Å². The fraction of sp³-hybridized carbons (Fsp3) is 0.310. The molecule has 0 heterocycles. The minimum absolute atomic E-state index is 0.0160. The third-order valence-corrected chi connectivity index (χ3v) is 10.9. The fourth-order valence-electron chi connectivity index (χ4n) is 4.25. The summed E-state index contributed by atoms with van der Waals surface area (Å²) in [6.45, 7) is 5.70. The normalized spacial score (nSPS) is 14.7. The van der Waals surface area contributed by atoms with Gasteiger partial charge in [-0.2, -0.15) is 0 Å². The maximum absolute atomic E-state index is 13.5. The van der Waals surface area contributed by atoms with Gasteiger partial charge in [-0.15, -0.1) is 0 Å². The first-order valence-electron chi connectivity index (χ1n) is 11.5. The Kier molecular flexibility index (Phi) is 8.94. The van der Waals surface area contributed by atoms with E-state index in [4.69, 9.17) is 11.6 Å². The van der Waals surface area contributed by atoms with Crippen LogP contribution in [0.4, 0.5) is 13.2 Å². The molecule has 185 valence electrons. The molecular formula is C29H26AsClF3N2. The van der Waals surface area contributed by atoms with Crippen LogP contribution in [0.2, 0.25) is 9.73 Å². The summed E-state index contributed by atoms with van der Waals surface area (Å²) in [4.78, 5) is 0. The van der Waals surface area contributed by atoms with Crippen molar-refractivity contribution in [3.05, 3.63) is 106 Å². The predicted molar refractivity (Wildman–Crippen MR) is 138 cm³/mol. The Balaban J connectivity index is 2.02. The van der Waals surface area contributed by atoms with Gasteiger partial charge < -0.3 is 0 Å². The predicted octanol–water partition coefficient (Wildman–Crippen LogP) is 8.36. The molecule has 0 saturated carbocycles. The second-order valence-corrected chi connectivity index (χ2v) is 13.3. The SMILES string of the molecule is C[C@H]([As][C@@H](c1cccc(C(F)(F)F)c1)C(C)(C)C#N)C(Cc1ccc(Cl)cc1)c1cccc(C#N)c1. The molecular weight excluding hydrogens is 544 g/mol. The quantitative estimate of drug-likeness (QED) is 0.256. The van der Waals surface area contributed by atoms with Gasteiger partial charge in [-0.1, -0.05) is 0 Å². The van der Waals surface area contributed by atoms with Gasteiger partial charge in [-0.05, 0) is 0 Å². The number of benzene rings is 3. The molecule has 0 bridgehead atoms. The van der Waals surface area contributed by atoms with Crippen molar-refractivity contribution in [1.29, 1.82) is 10.5 Å². The van der Waals surface area contributed by atoms with Crippen molar-refractivity contribution in [3.8, 4) is 12.1 Å². The number of nitrogens with zero attached hydrogens (tertiary/aromatic N) is 2. The third kappa shape index (κ3) is 6.94. The van der Waals surface area contributed by atoms with Gasteiger partial charge in [0.05, 0.1) is 0 Å². The number of hydrogen-bond donors (Lipinski definition) is 0. The molecule has 0 spiro atoms. The second-order valence-electron chi connectivity index (χ2n) is 9.42. The summed E-state index contributed by atoms with van der Waals surface area (Å²) < 4.78 is 40.2. The van der Waals surface area contributed by atoms with E-state index in [1.807, 2.05) is 42.5 Å². The van der Waals surface area contributed by atoms with E-state index in [0.29, 0.717) is 22.6 Å². The van der Waals surface area contributed by atoms with Crippen LogP contribution in [-0.4, -0.2) is 15.8 Å². The summed E-state index contributed by atoms with van der Waals surface area (Å²) in [6.07, 6.45) is -3.76. The van der Waals surface area contributed by atoms with Crippen molar-refractivity contribution in [1.82, 2.24) is 0 Å². The van der Waals surface area contributed by atoms with Gasteiger partial charge in [0.1, 0.15) is 0 Å². The Hall–Kier alpha value is -2.72. The van der Waals surface area contributed by atoms with E-state index in [1.54, 1.807) is 26.0 Å². The average molecular weight is 570 g/mol. The molecule has 0 fully saturated rings. The number of nitriles is 2. The monoisotopic (exact) mass is 569 g/mol. The molecule has 1 radical (unpaired) electrons. The molecule has 0 N–H and O–H groups in total. The summed E-state index contributed by atoms with van der Waals surface area (Å²) in [7, 11) is 0. The first-order valence-corrected chi connectivity index (χ1v) is 14.0. The van der Waals surface area contributed by atoms with E-state index in [2.05, 4.69) is 19.1 Å². The molecule has 0 amide bonds. The van der Waals surface area contributed by atoms with E-state index < -0.39 is 32.9 Å². The Labute approximate surface area is 222 Å². The first-order chi connectivity index (χ1) is 16.9. The van der Waals surface area contributed by atoms with E-state index in [-0.39, 0.29) is 15.3 Å². The van der Waals surface area contributed by atoms with Gasteiger partial charge in [0.25, 0.3) is 0 Å². The van der Waals surface area contributed by atoms with E-state index >= 15 is 0 Å². The topological polar surface area (TPSA) is 47.6 Å². The number of halogens is 4. The Morgan fingerprint density at radius 1 is 0.917 bits per heavy atom. The molecule has 0 aliphatic rings. The van der Waals surface area contributed by atoms with Crippen LogP contribution in [0.5, 0.6) is 0 Å². The van der Waals surface area contributed by atoms with Gasteiger partial charge in [-0.25, -0.2) is 0 Å². The van der Waals surface area contributed by atoms with Crippen LogP contribution < -0.4 is 0 Å². The van der Waals surface area contributed by atoms with Gasteiger partial charge in [-0.3, -0.25) is 0 Å². The van der Waals surface area contributed by atoms with Crippen molar-refractivity contribution in [2.75, 3.05) is 0 Å². The first kappa shape index (κ1) is 27.9. The number of hydrogen-bond acceptors (Lipinski definition) is 2. The van der Waals surface area contributed by atoms with Crippen LogP contribution in [0.1, 0.15) is 59.2 Å². The average Bonchev–Trinajstić information content (AvgIpc) is 2.86. The van der Waals surface area contributed by atoms with Crippen molar-refractivity contribution < 1.29 is 13.2 Å². The van der Waals surface area contributed by atoms with Crippen molar-refractivity contribution in [3.63, 3.8) is 0 Å². The van der Waals surface area contributed by atoms with Gasteiger partial charge in [0.15, 0.2) is 0 Å². The molecule has 3 aromatic carbocycles. The summed E-state index contributed by atoms with van der Waals surface area (Å²) >= 11 is 5.45. The molecule has 1 unspecified atom stereocenters. The molecule has 0 aromatic heterocycles. The van der Waals surface area contributed by atoms with Crippen LogP contribution in [0, 0.1) is 28.1 Å². The molecule has 3 aromatic rings. The second kappa shape index (κ2) is 11.6. The van der Waals surface area contributed by atoms with E-state index in [9.17, 15) is 23.7 Å². The number of alkyl halides is 3. The molecule has 7 heteroatoms. The molecule has 2 nitrogen and oxygen atoms in total. The van der Waals surface area contributed by atoms with E-state index in [0.717, 1.165) is 17.2 Å². The van der Waals surface area contributed by atoms with E-state index in [1.165, 1.54) is 12.1 Å². The van der Waals surface area contributed by atoms with Crippen LogP contribution in [-0.2, 0) is 12.6 Å². The summed E-state index contributed by atoms with van der Waals surface area (Å²) in [5.41, 5.74) is 1.63. The van der Waals surface area contributed by atoms with Gasteiger partial charge >= 0.3 is 223 Å². The molecule has 36 heavy (non-hydrogen) atoms. The Morgan fingerprint density at radius 3 is 2.17 bits per heavy atom. The van der Waals surface area contributed by atoms with Crippen molar-refractivity contribution in [2.24, 2.45) is 5.41 Å². The van der Waals surface area contributed by atoms with Gasteiger partial charge in [0, 0.05) is 0 Å². The zero-order valence-corrected chi connectivity index (χ0v) is 22.9. The molecule has 0 saturated heterocycles. The Morgan fingerprint density at radius 2 is 1.56 bits per heavy atom. The molecule has 3 atom stereocenters. The van der Waals surface area contributed by atoms with Gasteiger partial charge in [0.2, 0.25) is 0 Å². The van der Waals surface area contributed by atoms with Crippen LogP contribution in [0.3, 0.4) is 0 Å². The summed E-state index contributed by atoms with van der Waals surface area (Å²) in [6, 6.07) is 25.0. The van der Waals surface area contributed by atoms with Crippen LogP contribution in [0.15, 0.2) is 72.8 Å². The van der Waals surface area contributed by atoms with Crippen molar-refractivity contribution >= 4 is 27.4 Å². The van der Waals surface area contributed by atoms with Crippen LogP contribution in [0.25, 0.3) is 0 Å². The standard InChI is InChI=1S/C29H26AsClF3N2/c1-19(30-27(28(2,3)18-36)23-8-5-9-24(16-23)29(32,33)34)26(15-20-10-12-25(31)13-11-20)22-7-4-6-21(14-22)17-35/h4-14,16,19,26-27H,15H2,1-3H3/t19-,26?,27-/m0/s1. The molecule has 0 aliphatic heterocycles. The molecule has 3 rings (SSSR count). The maximum atomic E-state index is 13.5. The van der Waals surface area contributed by atoms with Crippen molar-refractivity contribution in [2.45, 2.75) is 48.7 Å². The summed E-state index contributed by atoms with van der Waals surface area (Å²) in [5, 5.41) is 20.0. The number of rotatable bonds is 8. The molecule has 0 aliphatic carbocycles. The fourth-order valence-corrected chi connectivity index (χ4v) is 7.99. The zero-order chi connectivity index (χ0) is 26.5. The zero-order valence-electron chi connectivity index (χ0n) is 20.2.